The van der Waals surface area contributed by atoms with E-state index in [1.54, 1.807) is 55.3 Å². The summed E-state index contributed by atoms with van der Waals surface area (Å²) < 4.78 is 14.0. The zero-order chi connectivity index (χ0) is 26.1. The second-order valence-corrected chi connectivity index (χ2v) is 10.2. The van der Waals surface area contributed by atoms with Crippen molar-refractivity contribution >= 4 is 61.2 Å². The SMILES string of the molecule is CCC(=O)Oc1c(OC)cc(Br)c(Br)c1C1N(C(=O)CC)c2ccccc2-c2c(=O)[nH]c(SC)n[n+]21. The number of esters is 1. The lowest BCUT2D eigenvalue weighted by atomic mass is 10.00. The molecule has 0 radical (unpaired) electrons. The molecule has 0 spiro atoms. The Morgan fingerprint density at radius 3 is 2.58 bits per heavy atom. The van der Waals surface area contributed by atoms with Gasteiger partial charge >= 0.3 is 17.2 Å². The normalized spacial score (nSPS) is 14.2. The minimum absolute atomic E-state index is 0.125. The summed E-state index contributed by atoms with van der Waals surface area (Å²) in [4.78, 5) is 43.7. The molecule has 2 aromatic carbocycles. The van der Waals surface area contributed by atoms with Gasteiger partial charge in [0.1, 0.15) is 5.56 Å². The Bertz CT molecular complexity index is 1430. The van der Waals surface area contributed by atoms with Crippen molar-refractivity contribution in [2.24, 2.45) is 0 Å². The van der Waals surface area contributed by atoms with E-state index in [2.05, 4.69) is 36.8 Å². The first kappa shape index (κ1) is 26.4. The molecule has 1 amide bonds. The number of carbonyl (C=O) groups excluding carboxylic acids is 2. The molecule has 1 unspecified atom stereocenters. The smallest absolute Gasteiger partial charge is 0.325 e. The highest BCUT2D eigenvalue weighted by Gasteiger charge is 2.48. The number of nitrogens with one attached hydrogen (secondary N) is 1. The van der Waals surface area contributed by atoms with E-state index >= 15 is 0 Å². The Kier molecular flexibility index (Phi) is 7.86. The summed E-state index contributed by atoms with van der Waals surface area (Å²) in [5.74, 6) is -0.287. The highest BCUT2D eigenvalue weighted by Crippen LogP contribution is 2.48. The maximum absolute atomic E-state index is 13.5. The molecule has 0 aliphatic carbocycles. The molecule has 1 aromatic heterocycles. The lowest BCUT2D eigenvalue weighted by Gasteiger charge is -2.33. The molecule has 2 heterocycles. The van der Waals surface area contributed by atoms with E-state index in [9.17, 15) is 14.4 Å². The van der Waals surface area contributed by atoms with Crippen molar-refractivity contribution in [2.45, 2.75) is 38.0 Å². The number of carbonyl (C=O) groups is 2. The summed E-state index contributed by atoms with van der Waals surface area (Å²) in [5.41, 5.74) is 1.41. The van der Waals surface area contributed by atoms with Crippen molar-refractivity contribution in [3.63, 3.8) is 0 Å². The van der Waals surface area contributed by atoms with Gasteiger partial charge in [0.25, 0.3) is 6.17 Å². The van der Waals surface area contributed by atoms with Crippen molar-refractivity contribution in [1.82, 2.24) is 10.1 Å². The van der Waals surface area contributed by atoms with E-state index in [-0.39, 0.29) is 41.5 Å². The van der Waals surface area contributed by atoms with Crippen LogP contribution in [0.4, 0.5) is 5.69 Å². The number of aromatic nitrogens is 3. The lowest BCUT2D eigenvalue weighted by molar-refractivity contribution is -0.763. The number of nitrogens with zero attached hydrogens (tertiary/aromatic N) is 3. The number of rotatable bonds is 6. The van der Waals surface area contributed by atoms with E-state index in [1.807, 2.05) is 0 Å². The van der Waals surface area contributed by atoms with Gasteiger partial charge in [0.05, 0.1) is 18.4 Å². The van der Waals surface area contributed by atoms with Crippen molar-refractivity contribution in [1.29, 1.82) is 0 Å². The van der Waals surface area contributed by atoms with Gasteiger partial charge in [0.15, 0.2) is 11.5 Å². The fourth-order valence-corrected chi connectivity index (χ4v) is 5.33. The summed E-state index contributed by atoms with van der Waals surface area (Å²) in [6, 6.07) is 8.82. The van der Waals surface area contributed by atoms with Crippen LogP contribution in [0.5, 0.6) is 11.5 Å². The van der Waals surface area contributed by atoms with E-state index in [0.717, 1.165) is 0 Å². The number of amides is 1. The molecule has 1 atom stereocenters. The van der Waals surface area contributed by atoms with Crippen molar-refractivity contribution in [3.05, 3.63) is 55.2 Å². The number of fused-ring (bicyclic) bond motifs is 3. The zero-order valence-electron chi connectivity index (χ0n) is 19.9. The molecule has 4 rings (SSSR count). The molecular formula is C24H23Br2N4O5S+. The zero-order valence-corrected chi connectivity index (χ0v) is 23.9. The number of thioether (sulfide) groups is 1. The van der Waals surface area contributed by atoms with Crippen LogP contribution < -0.4 is 24.6 Å². The first-order valence-corrected chi connectivity index (χ1v) is 13.9. The van der Waals surface area contributed by atoms with Gasteiger partial charge in [-0.05, 0) is 61.0 Å². The maximum atomic E-state index is 13.5. The predicted octanol–water partition coefficient (Wildman–Crippen LogP) is 4.60. The van der Waals surface area contributed by atoms with Crippen molar-refractivity contribution in [2.75, 3.05) is 18.3 Å². The average Bonchev–Trinajstić information content (AvgIpc) is 2.89. The van der Waals surface area contributed by atoms with E-state index < -0.39 is 12.1 Å². The molecule has 36 heavy (non-hydrogen) atoms. The average molecular weight is 639 g/mol. The molecule has 3 aromatic rings. The van der Waals surface area contributed by atoms with E-state index in [0.29, 0.717) is 30.9 Å². The number of methoxy groups -OCH3 is 1. The maximum Gasteiger partial charge on any atom is 0.325 e. The summed E-state index contributed by atoms with van der Waals surface area (Å²) in [7, 11) is 1.46. The van der Waals surface area contributed by atoms with Gasteiger partial charge < -0.3 is 9.47 Å². The summed E-state index contributed by atoms with van der Waals surface area (Å²) in [5, 5.41) is 5.06. The predicted molar refractivity (Wildman–Crippen MR) is 143 cm³/mol. The summed E-state index contributed by atoms with van der Waals surface area (Å²) in [6.45, 7) is 3.44. The minimum atomic E-state index is -0.976. The third-order valence-electron chi connectivity index (χ3n) is 5.68. The van der Waals surface area contributed by atoms with Crippen LogP contribution in [-0.4, -0.2) is 35.3 Å². The third-order valence-corrected chi connectivity index (χ3v) is 8.26. The van der Waals surface area contributed by atoms with Crippen LogP contribution in [0.2, 0.25) is 0 Å². The van der Waals surface area contributed by atoms with Gasteiger partial charge in [0, 0.05) is 26.9 Å². The van der Waals surface area contributed by atoms with Gasteiger partial charge in [-0.3, -0.25) is 19.4 Å². The number of ether oxygens (including phenoxy) is 2. The van der Waals surface area contributed by atoms with Gasteiger partial charge in [-0.1, -0.05) is 37.7 Å². The fraction of sp³-hybridized carbons (Fsp3) is 0.292. The molecule has 1 N–H and O–H groups in total. The van der Waals surface area contributed by atoms with Crippen LogP contribution in [-0.2, 0) is 9.59 Å². The van der Waals surface area contributed by atoms with Gasteiger partial charge in [0.2, 0.25) is 11.1 Å². The van der Waals surface area contributed by atoms with E-state index in [4.69, 9.17) is 14.6 Å². The van der Waals surface area contributed by atoms with Crippen molar-refractivity contribution < 1.29 is 23.7 Å². The van der Waals surface area contributed by atoms with Crippen LogP contribution in [0.1, 0.15) is 38.4 Å². The molecule has 0 saturated heterocycles. The summed E-state index contributed by atoms with van der Waals surface area (Å²) >= 11 is 8.42. The largest absolute Gasteiger partial charge is 0.493 e. The van der Waals surface area contributed by atoms with Gasteiger partial charge in [-0.2, -0.15) is 0 Å². The van der Waals surface area contributed by atoms with Crippen LogP contribution in [0.25, 0.3) is 11.3 Å². The standard InChI is InChI=1S/C24H22Br2N4O5S/c1-5-16(31)29-14-10-8-7-9-12(14)20-22(33)27-24(36-4)28-30(20)23(29)18-19(26)13(25)11-15(34-3)21(18)35-17(32)6-2/h7-11,23H,5-6H2,1-4H3/p+1. The number of H-pyrrole nitrogens is 1. The Balaban J connectivity index is 2.18. The number of benzene rings is 2. The molecule has 1 aliphatic heterocycles. The van der Waals surface area contributed by atoms with E-state index in [1.165, 1.54) is 23.6 Å². The molecule has 12 heteroatoms. The number of halogens is 2. The highest BCUT2D eigenvalue weighted by atomic mass is 79.9. The topological polar surface area (TPSA) is 105 Å². The van der Waals surface area contributed by atoms with Gasteiger partial charge in [-0.15, -0.1) is 0 Å². The Labute approximate surface area is 228 Å². The van der Waals surface area contributed by atoms with Crippen LogP contribution >= 0.6 is 43.6 Å². The quantitative estimate of drug-likeness (QED) is 0.182. The van der Waals surface area contributed by atoms with Crippen LogP contribution in [0.3, 0.4) is 0 Å². The first-order chi connectivity index (χ1) is 17.3. The van der Waals surface area contributed by atoms with Crippen molar-refractivity contribution in [3.8, 4) is 22.8 Å². The molecule has 0 fully saturated rings. The fourth-order valence-electron chi connectivity index (χ4n) is 4.04. The third kappa shape index (κ3) is 4.46. The Morgan fingerprint density at radius 2 is 1.94 bits per heavy atom. The molecule has 0 bridgehead atoms. The Morgan fingerprint density at radius 1 is 1.22 bits per heavy atom. The minimum Gasteiger partial charge on any atom is -0.493 e. The molecule has 1 aliphatic rings. The summed E-state index contributed by atoms with van der Waals surface area (Å²) in [6.07, 6.45) is 1.13. The second kappa shape index (κ2) is 10.7. The molecule has 188 valence electrons. The number of hydrogen-bond acceptors (Lipinski definition) is 7. The number of para-hydroxylation sites is 1. The van der Waals surface area contributed by atoms with Crippen LogP contribution in [0.15, 0.2) is 49.2 Å². The number of hydrogen-bond donors (Lipinski definition) is 1. The van der Waals surface area contributed by atoms with Gasteiger partial charge in [-0.25, -0.2) is 4.90 Å². The number of anilines is 1. The molecule has 0 saturated carbocycles. The lowest BCUT2D eigenvalue weighted by Crippen LogP contribution is -2.61. The highest BCUT2D eigenvalue weighted by molar-refractivity contribution is 9.13. The molecular weight excluding hydrogens is 616 g/mol. The second-order valence-electron chi connectivity index (χ2n) is 7.71. The Hall–Kier alpha value is -2.70. The first-order valence-electron chi connectivity index (χ1n) is 11.0. The monoisotopic (exact) mass is 637 g/mol. The van der Waals surface area contributed by atoms with Crippen LogP contribution in [0, 0.1) is 0 Å². The molecule has 9 nitrogen and oxygen atoms in total. The number of aromatic amines is 1.